The van der Waals surface area contributed by atoms with Crippen LogP contribution in [0.15, 0.2) is 0 Å². The molecule has 1 heterocycles. The molecular formula is C5H12N2O2S. The van der Waals surface area contributed by atoms with Crippen LogP contribution in [0.1, 0.15) is 19.8 Å². The van der Waals surface area contributed by atoms with Gasteiger partial charge >= 0.3 is 0 Å². The van der Waals surface area contributed by atoms with E-state index >= 15 is 0 Å². The highest BCUT2D eigenvalue weighted by Gasteiger charge is 2.33. The van der Waals surface area contributed by atoms with E-state index in [-0.39, 0.29) is 6.04 Å². The van der Waals surface area contributed by atoms with E-state index in [1.54, 1.807) is 0 Å². The molecule has 5 heteroatoms. The molecule has 0 saturated carbocycles. The van der Waals surface area contributed by atoms with E-state index < -0.39 is 10.2 Å². The molecule has 0 aromatic carbocycles. The van der Waals surface area contributed by atoms with Gasteiger partial charge in [0.05, 0.1) is 0 Å². The number of nitrogens with two attached hydrogens (primary N) is 1. The van der Waals surface area contributed by atoms with Crippen molar-refractivity contribution in [2.45, 2.75) is 25.8 Å². The van der Waals surface area contributed by atoms with Crippen molar-refractivity contribution in [3.05, 3.63) is 0 Å². The highest BCUT2D eigenvalue weighted by atomic mass is 32.2. The molecule has 0 spiro atoms. The van der Waals surface area contributed by atoms with Gasteiger partial charge in [0.15, 0.2) is 0 Å². The van der Waals surface area contributed by atoms with Gasteiger partial charge < -0.3 is 0 Å². The molecule has 1 saturated heterocycles. The minimum atomic E-state index is -3.39. The number of rotatable bonds is 2. The van der Waals surface area contributed by atoms with Crippen LogP contribution in [-0.2, 0) is 10.2 Å². The lowest BCUT2D eigenvalue weighted by molar-refractivity contribution is 0.194. The van der Waals surface area contributed by atoms with Crippen LogP contribution in [0.3, 0.4) is 0 Å². The van der Waals surface area contributed by atoms with Crippen LogP contribution >= 0.6 is 0 Å². The van der Waals surface area contributed by atoms with Gasteiger partial charge in [-0.25, -0.2) is 5.14 Å². The molecule has 1 unspecified atom stereocenters. The second kappa shape index (κ2) is 2.48. The molecule has 10 heavy (non-hydrogen) atoms. The van der Waals surface area contributed by atoms with E-state index in [1.807, 2.05) is 6.92 Å². The van der Waals surface area contributed by atoms with Crippen molar-refractivity contribution < 1.29 is 8.42 Å². The van der Waals surface area contributed by atoms with Crippen molar-refractivity contribution in [2.24, 2.45) is 5.14 Å². The first kappa shape index (κ1) is 7.97. The van der Waals surface area contributed by atoms with E-state index in [9.17, 15) is 8.42 Å². The summed E-state index contributed by atoms with van der Waals surface area (Å²) in [5, 5.41) is 4.90. The molecular weight excluding hydrogens is 152 g/mol. The fraction of sp³-hybridized carbons (Fsp3) is 1.00. The van der Waals surface area contributed by atoms with E-state index in [2.05, 4.69) is 0 Å². The van der Waals surface area contributed by atoms with Crippen LogP contribution in [-0.4, -0.2) is 25.3 Å². The first-order valence-corrected chi connectivity index (χ1v) is 4.85. The van der Waals surface area contributed by atoms with Gasteiger partial charge in [-0.2, -0.15) is 12.7 Å². The van der Waals surface area contributed by atoms with Crippen LogP contribution in [0.25, 0.3) is 0 Å². The van der Waals surface area contributed by atoms with Crippen molar-refractivity contribution >= 4 is 10.2 Å². The largest absolute Gasteiger partial charge is 0.277 e. The molecule has 1 aliphatic rings. The van der Waals surface area contributed by atoms with Gasteiger partial charge in [0.2, 0.25) is 0 Å². The summed E-state index contributed by atoms with van der Waals surface area (Å²) in [6, 6.07) is 0.162. The van der Waals surface area contributed by atoms with Gasteiger partial charge in [-0.05, 0) is 12.8 Å². The predicted octanol–water partition coefficient (Wildman–Crippen LogP) is -0.326. The van der Waals surface area contributed by atoms with Crippen LogP contribution < -0.4 is 5.14 Å². The Bertz CT molecular complexity index is 210. The van der Waals surface area contributed by atoms with Gasteiger partial charge in [-0.15, -0.1) is 0 Å². The van der Waals surface area contributed by atoms with E-state index in [0.29, 0.717) is 6.54 Å². The van der Waals surface area contributed by atoms with Gasteiger partial charge in [0.25, 0.3) is 10.2 Å². The fourth-order valence-corrected chi connectivity index (χ4v) is 2.19. The first-order chi connectivity index (χ1) is 4.55. The van der Waals surface area contributed by atoms with Crippen LogP contribution in [0.4, 0.5) is 0 Å². The SMILES string of the molecule is CCC1CCN1S(N)(=O)=O. The number of hydrogen-bond donors (Lipinski definition) is 1. The molecule has 2 N–H and O–H groups in total. The average Bonchev–Trinajstić information content (AvgIpc) is 1.57. The quantitative estimate of drug-likeness (QED) is 0.607. The third-order valence-electron chi connectivity index (χ3n) is 1.89. The van der Waals surface area contributed by atoms with Gasteiger partial charge in [-0.1, -0.05) is 6.92 Å². The molecule has 1 aliphatic heterocycles. The molecule has 1 fully saturated rings. The lowest BCUT2D eigenvalue weighted by atomic mass is 10.1. The zero-order valence-electron chi connectivity index (χ0n) is 5.95. The summed E-state index contributed by atoms with van der Waals surface area (Å²) >= 11 is 0. The Morgan fingerprint density at radius 1 is 1.70 bits per heavy atom. The van der Waals surface area contributed by atoms with E-state index in [1.165, 1.54) is 4.31 Å². The summed E-state index contributed by atoms with van der Waals surface area (Å²) < 4.78 is 22.7. The highest BCUT2D eigenvalue weighted by Crippen LogP contribution is 2.21. The molecule has 4 nitrogen and oxygen atoms in total. The normalized spacial score (nSPS) is 28.0. The maximum atomic E-state index is 10.7. The van der Waals surface area contributed by atoms with Gasteiger partial charge in [-0.3, -0.25) is 0 Å². The summed E-state index contributed by atoms with van der Waals surface area (Å²) in [7, 11) is -3.39. The molecule has 0 aromatic heterocycles. The molecule has 0 aromatic rings. The Kier molecular flexibility index (Phi) is 1.98. The van der Waals surface area contributed by atoms with E-state index in [4.69, 9.17) is 5.14 Å². The van der Waals surface area contributed by atoms with Crippen LogP contribution in [0.2, 0.25) is 0 Å². The van der Waals surface area contributed by atoms with Crippen molar-refractivity contribution in [3.63, 3.8) is 0 Å². The molecule has 1 atom stereocenters. The molecule has 1 rings (SSSR count). The summed E-state index contributed by atoms with van der Waals surface area (Å²) in [4.78, 5) is 0. The lowest BCUT2D eigenvalue weighted by Gasteiger charge is -2.37. The molecule has 60 valence electrons. The Hall–Kier alpha value is -0.130. The monoisotopic (exact) mass is 164 g/mol. The minimum absolute atomic E-state index is 0.162. The fourth-order valence-electron chi connectivity index (χ4n) is 1.16. The van der Waals surface area contributed by atoms with Crippen molar-refractivity contribution in [3.8, 4) is 0 Å². The predicted molar refractivity (Wildman–Crippen MR) is 38.5 cm³/mol. The standard InChI is InChI=1S/C5H12N2O2S/c1-2-5-3-4-7(5)10(6,8)9/h5H,2-4H2,1H3,(H2,6,8,9). The number of hydrogen-bond acceptors (Lipinski definition) is 2. The second-order valence-electron chi connectivity index (χ2n) is 2.51. The Labute approximate surface area is 61.2 Å². The zero-order valence-corrected chi connectivity index (χ0v) is 6.76. The van der Waals surface area contributed by atoms with Crippen molar-refractivity contribution in [1.82, 2.24) is 4.31 Å². The maximum Gasteiger partial charge on any atom is 0.277 e. The van der Waals surface area contributed by atoms with Crippen molar-refractivity contribution in [2.75, 3.05) is 6.54 Å². The first-order valence-electron chi connectivity index (χ1n) is 3.35. The summed E-state index contributed by atoms with van der Waals surface area (Å²) in [6.07, 6.45) is 1.81. The molecule has 0 aliphatic carbocycles. The average molecular weight is 164 g/mol. The third-order valence-corrected chi connectivity index (χ3v) is 3.02. The maximum absolute atomic E-state index is 10.7. The minimum Gasteiger partial charge on any atom is -0.216 e. The Morgan fingerprint density at radius 3 is 2.40 bits per heavy atom. The van der Waals surface area contributed by atoms with Crippen LogP contribution in [0.5, 0.6) is 0 Å². The molecule has 0 bridgehead atoms. The summed E-state index contributed by atoms with van der Waals surface area (Å²) in [5.74, 6) is 0. The summed E-state index contributed by atoms with van der Waals surface area (Å²) in [5.41, 5.74) is 0. The smallest absolute Gasteiger partial charge is 0.216 e. The number of nitrogens with zero attached hydrogens (tertiary/aromatic N) is 1. The topological polar surface area (TPSA) is 63.4 Å². The third kappa shape index (κ3) is 1.31. The zero-order chi connectivity index (χ0) is 7.78. The molecule has 0 amide bonds. The Morgan fingerprint density at radius 2 is 2.30 bits per heavy atom. The lowest BCUT2D eigenvalue weighted by Crippen LogP contribution is -2.53. The molecule has 0 radical (unpaired) electrons. The van der Waals surface area contributed by atoms with Gasteiger partial charge in [0.1, 0.15) is 0 Å². The van der Waals surface area contributed by atoms with Gasteiger partial charge in [0, 0.05) is 12.6 Å². The van der Waals surface area contributed by atoms with Crippen LogP contribution in [0, 0.1) is 0 Å². The van der Waals surface area contributed by atoms with E-state index in [0.717, 1.165) is 12.8 Å². The van der Waals surface area contributed by atoms with Crippen molar-refractivity contribution in [1.29, 1.82) is 0 Å². The summed E-state index contributed by atoms with van der Waals surface area (Å²) in [6.45, 7) is 2.55. The second-order valence-corrected chi connectivity index (χ2v) is 4.01. The Balaban J connectivity index is 2.60. The highest BCUT2D eigenvalue weighted by molar-refractivity contribution is 7.86.